The van der Waals surface area contributed by atoms with Crippen LogP contribution in [0.4, 0.5) is 14.9 Å². The van der Waals surface area contributed by atoms with Crippen LogP contribution >= 0.6 is 15.9 Å². The van der Waals surface area contributed by atoms with Gasteiger partial charge in [-0.25, -0.2) is 14.1 Å². The van der Waals surface area contributed by atoms with Crippen molar-refractivity contribution in [1.82, 2.24) is 10.2 Å². The van der Waals surface area contributed by atoms with E-state index in [2.05, 4.69) is 26.6 Å². The molecule has 1 fully saturated rings. The number of imide groups is 1. The van der Waals surface area contributed by atoms with Crippen molar-refractivity contribution in [2.75, 3.05) is 18.5 Å². The summed E-state index contributed by atoms with van der Waals surface area (Å²) in [7, 11) is 0. The standard InChI is InChI=1S/C29H27BrFN3O5/c1-3-18-9-6-8-12-23(18)32-27(35)16-34-28(36)24(33-29(34)37)13-20-14-25(38-4-2)26(15-21(20)30)39-17-19-10-5-7-11-22(19)31/h5-15H,3-4,16-17H2,1-2H3,(H,32,35)(H,33,37)/b24-13+. The van der Waals surface area contributed by atoms with Crippen LogP contribution in [0.15, 0.2) is 70.8 Å². The first-order valence-electron chi connectivity index (χ1n) is 12.4. The first kappa shape index (κ1) is 27.8. The summed E-state index contributed by atoms with van der Waals surface area (Å²) in [4.78, 5) is 39.0. The average molecular weight is 596 g/mol. The molecule has 0 bridgehead atoms. The van der Waals surface area contributed by atoms with Crippen LogP contribution in [0.3, 0.4) is 0 Å². The van der Waals surface area contributed by atoms with Crippen LogP contribution < -0.4 is 20.1 Å². The second kappa shape index (κ2) is 12.6. The van der Waals surface area contributed by atoms with Gasteiger partial charge in [0, 0.05) is 15.7 Å². The maximum atomic E-state index is 14.0. The van der Waals surface area contributed by atoms with E-state index in [4.69, 9.17) is 9.47 Å². The number of anilines is 1. The van der Waals surface area contributed by atoms with Gasteiger partial charge in [-0.3, -0.25) is 9.59 Å². The molecule has 0 unspecified atom stereocenters. The number of urea groups is 1. The molecule has 1 aliphatic heterocycles. The zero-order chi connectivity index (χ0) is 27.9. The highest BCUT2D eigenvalue weighted by atomic mass is 79.9. The van der Waals surface area contributed by atoms with Crippen molar-refractivity contribution in [3.63, 3.8) is 0 Å². The maximum Gasteiger partial charge on any atom is 0.329 e. The number of ether oxygens (including phenoxy) is 2. The number of aryl methyl sites for hydroxylation is 1. The van der Waals surface area contributed by atoms with Crippen LogP contribution in [0.1, 0.15) is 30.5 Å². The fourth-order valence-electron chi connectivity index (χ4n) is 3.97. The molecule has 1 saturated heterocycles. The van der Waals surface area contributed by atoms with Crippen molar-refractivity contribution in [2.24, 2.45) is 0 Å². The summed E-state index contributed by atoms with van der Waals surface area (Å²) in [6.07, 6.45) is 2.20. The van der Waals surface area contributed by atoms with Gasteiger partial charge in [0.2, 0.25) is 5.91 Å². The van der Waals surface area contributed by atoms with Gasteiger partial charge in [0.25, 0.3) is 5.91 Å². The molecule has 2 N–H and O–H groups in total. The zero-order valence-electron chi connectivity index (χ0n) is 21.4. The van der Waals surface area contributed by atoms with Crippen molar-refractivity contribution in [3.8, 4) is 11.5 Å². The number of carbonyl (C=O) groups excluding carboxylic acids is 3. The highest BCUT2D eigenvalue weighted by Gasteiger charge is 2.35. The smallest absolute Gasteiger partial charge is 0.329 e. The molecule has 39 heavy (non-hydrogen) atoms. The third-order valence-electron chi connectivity index (χ3n) is 5.94. The van der Waals surface area contributed by atoms with Gasteiger partial charge in [-0.15, -0.1) is 0 Å². The summed E-state index contributed by atoms with van der Waals surface area (Å²) in [6.45, 7) is 3.68. The molecule has 0 saturated carbocycles. The minimum absolute atomic E-state index is 0.00457. The molecule has 3 aromatic carbocycles. The molecule has 0 radical (unpaired) electrons. The molecule has 1 heterocycles. The lowest BCUT2D eigenvalue weighted by Gasteiger charge is -2.15. The van der Waals surface area contributed by atoms with Gasteiger partial charge in [0.15, 0.2) is 11.5 Å². The van der Waals surface area contributed by atoms with Gasteiger partial charge in [0.1, 0.15) is 24.7 Å². The largest absolute Gasteiger partial charge is 0.490 e. The number of nitrogens with one attached hydrogen (secondary N) is 2. The van der Waals surface area contributed by atoms with E-state index in [1.807, 2.05) is 26.0 Å². The third kappa shape index (κ3) is 6.64. The summed E-state index contributed by atoms with van der Waals surface area (Å²) in [5.74, 6) is -0.743. The fraction of sp³-hybridized carbons (Fsp3) is 0.207. The Labute approximate surface area is 233 Å². The lowest BCUT2D eigenvalue weighted by atomic mass is 10.1. The molecule has 202 valence electrons. The maximum absolute atomic E-state index is 14.0. The number of carbonyl (C=O) groups is 3. The Morgan fingerprint density at radius 2 is 1.72 bits per heavy atom. The number of benzene rings is 3. The molecular formula is C29H27BrFN3O5. The number of halogens is 2. The minimum atomic E-state index is -0.698. The van der Waals surface area contributed by atoms with Gasteiger partial charge >= 0.3 is 6.03 Å². The highest BCUT2D eigenvalue weighted by molar-refractivity contribution is 9.10. The van der Waals surface area contributed by atoms with Crippen molar-refractivity contribution in [3.05, 3.63) is 93.3 Å². The summed E-state index contributed by atoms with van der Waals surface area (Å²) in [6, 6.07) is 16.3. The Kier molecular flexibility index (Phi) is 8.98. The molecule has 4 amide bonds. The first-order chi connectivity index (χ1) is 18.8. The van der Waals surface area contributed by atoms with E-state index in [9.17, 15) is 18.8 Å². The van der Waals surface area contributed by atoms with Crippen molar-refractivity contribution in [2.45, 2.75) is 26.9 Å². The number of para-hydroxylation sites is 1. The lowest BCUT2D eigenvalue weighted by molar-refractivity contribution is -0.127. The van der Waals surface area contributed by atoms with E-state index < -0.39 is 24.4 Å². The second-order valence-corrected chi connectivity index (χ2v) is 9.43. The number of hydrogen-bond acceptors (Lipinski definition) is 5. The SMILES string of the molecule is CCOc1cc(/C=C2/NC(=O)N(CC(=O)Nc3ccccc3CC)C2=O)c(Br)cc1OCc1ccccc1F. The third-order valence-corrected chi connectivity index (χ3v) is 6.63. The van der Waals surface area contributed by atoms with E-state index in [-0.39, 0.29) is 18.1 Å². The van der Waals surface area contributed by atoms with Crippen LogP contribution in [-0.2, 0) is 22.6 Å². The number of nitrogens with zero attached hydrogens (tertiary/aromatic N) is 1. The Morgan fingerprint density at radius 1 is 1.03 bits per heavy atom. The minimum Gasteiger partial charge on any atom is -0.490 e. The molecule has 10 heteroatoms. The first-order valence-corrected chi connectivity index (χ1v) is 13.1. The van der Waals surface area contributed by atoms with E-state index in [1.54, 1.807) is 42.5 Å². The summed E-state index contributed by atoms with van der Waals surface area (Å²) in [5.41, 5.74) is 2.51. The van der Waals surface area contributed by atoms with E-state index in [1.165, 1.54) is 12.1 Å². The van der Waals surface area contributed by atoms with Gasteiger partial charge in [-0.05, 0) is 54.8 Å². The average Bonchev–Trinajstić information content (AvgIpc) is 3.18. The van der Waals surface area contributed by atoms with Gasteiger partial charge < -0.3 is 20.1 Å². The summed E-state index contributed by atoms with van der Waals surface area (Å²) in [5, 5.41) is 5.29. The van der Waals surface area contributed by atoms with Crippen LogP contribution in [0, 0.1) is 5.82 Å². The van der Waals surface area contributed by atoms with Crippen molar-refractivity contribution < 1.29 is 28.2 Å². The van der Waals surface area contributed by atoms with E-state index in [0.29, 0.717) is 39.4 Å². The topological polar surface area (TPSA) is 97.0 Å². The summed E-state index contributed by atoms with van der Waals surface area (Å²) < 4.78 is 26.1. The summed E-state index contributed by atoms with van der Waals surface area (Å²) >= 11 is 3.47. The Morgan fingerprint density at radius 3 is 2.44 bits per heavy atom. The molecule has 0 aliphatic carbocycles. The highest BCUT2D eigenvalue weighted by Crippen LogP contribution is 2.36. The molecular weight excluding hydrogens is 569 g/mol. The zero-order valence-corrected chi connectivity index (χ0v) is 23.0. The van der Waals surface area contributed by atoms with Crippen LogP contribution in [0.2, 0.25) is 0 Å². The lowest BCUT2D eigenvalue weighted by Crippen LogP contribution is -2.38. The van der Waals surface area contributed by atoms with Gasteiger partial charge in [-0.2, -0.15) is 0 Å². The Balaban J connectivity index is 1.50. The quantitative estimate of drug-likeness (QED) is 0.233. The second-order valence-electron chi connectivity index (χ2n) is 8.57. The molecule has 0 spiro atoms. The Bertz CT molecular complexity index is 1440. The normalized spacial score (nSPS) is 13.9. The predicted octanol–water partition coefficient (Wildman–Crippen LogP) is 5.66. The molecule has 1 aliphatic rings. The number of hydrogen-bond donors (Lipinski definition) is 2. The Hall–Kier alpha value is -4.18. The van der Waals surface area contributed by atoms with Crippen molar-refractivity contribution in [1.29, 1.82) is 0 Å². The van der Waals surface area contributed by atoms with Crippen LogP contribution in [-0.4, -0.2) is 35.9 Å². The van der Waals surface area contributed by atoms with Gasteiger partial charge in [-0.1, -0.05) is 59.3 Å². The predicted molar refractivity (Wildman–Crippen MR) is 149 cm³/mol. The van der Waals surface area contributed by atoms with Crippen LogP contribution in [0.25, 0.3) is 6.08 Å². The molecule has 0 atom stereocenters. The molecule has 3 aromatic rings. The molecule has 4 rings (SSSR count). The number of rotatable bonds is 10. The molecule has 8 nitrogen and oxygen atoms in total. The number of amides is 4. The monoisotopic (exact) mass is 595 g/mol. The van der Waals surface area contributed by atoms with E-state index in [0.717, 1.165) is 16.9 Å². The van der Waals surface area contributed by atoms with Crippen LogP contribution in [0.5, 0.6) is 11.5 Å². The fourth-order valence-corrected chi connectivity index (χ4v) is 4.40. The van der Waals surface area contributed by atoms with Gasteiger partial charge in [0.05, 0.1) is 6.61 Å². The molecule has 0 aromatic heterocycles. The van der Waals surface area contributed by atoms with Crippen molar-refractivity contribution >= 4 is 45.5 Å². The van der Waals surface area contributed by atoms with E-state index >= 15 is 0 Å².